The number of hydrogen-bond acceptors (Lipinski definition) is 3. The molecule has 20 heavy (non-hydrogen) atoms. The van der Waals surface area contributed by atoms with E-state index in [9.17, 15) is 9.50 Å². The van der Waals surface area contributed by atoms with Crippen molar-refractivity contribution in [1.82, 2.24) is 4.90 Å². The van der Waals surface area contributed by atoms with Crippen molar-refractivity contribution in [3.8, 4) is 0 Å². The van der Waals surface area contributed by atoms with Crippen molar-refractivity contribution in [2.24, 2.45) is 5.92 Å². The zero-order chi connectivity index (χ0) is 15.3. The maximum Gasteiger partial charge on any atom is 0.131 e. The molecule has 4 heteroatoms. The molecular weight excluding hydrogens is 255 g/mol. The number of likely N-dealkylation sites (N-methyl/N-ethyl adjacent to an activating group) is 1. The highest BCUT2D eigenvalue weighted by Gasteiger charge is 2.19. The van der Waals surface area contributed by atoms with Gasteiger partial charge in [0.25, 0.3) is 0 Å². The molecular formula is C16H27FN2O. The predicted molar refractivity (Wildman–Crippen MR) is 82.6 cm³/mol. The number of benzene rings is 1. The van der Waals surface area contributed by atoms with Crippen LogP contribution in [0.1, 0.15) is 32.4 Å². The van der Waals surface area contributed by atoms with Gasteiger partial charge < -0.3 is 14.9 Å². The Labute approximate surface area is 122 Å². The van der Waals surface area contributed by atoms with Crippen molar-refractivity contribution < 1.29 is 9.50 Å². The van der Waals surface area contributed by atoms with Gasteiger partial charge in [-0.1, -0.05) is 19.9 Å². The molecule has 1 rings (SSSR count). The van der Waals surface area contributed by atoms with Crippen LogP contribution in [0.4, 0.5) is 10.1 Å². The summed E-state index contributed by atoms with van der Waals surface area (Å²) in [4.78, 5) is 4.27. The summed E-state index contributed by atoms with van der Waals surface area (Å²) in [5.74, 6) is 0.137. The molecule has 0 heterocycles. The van der Waals surface area contributed by atoms with Crippen LogP contribution in [0.3, 0.4) is 0 Å². The maximum atomic E-state index is 14.0. The van der Waals surface area contributed by atoms with Gasteiger partial charge in [-0.05, 0) is 39.1 Å². The molecule has 0 aliphatic rings. The minimum absolute atomic E-state index is 0.337. The molecule has 0 radical (unpaired) electrons. The Morgan fingerprint density at radius 2 is 1.80 bits per heavy atom. The van der Waals surface area contributed by atoms with E-state index in [2.05, 4.69) is 23.6 Å². The Hall–Kier alpha value is -1.13. The molecule has 0 amide bonds. The van der Waals surface area contributed by atoms with Gasteiger partial charge in [0, 0.05) is 30.9 Å². The van der Waals surface area contributed by atoms with Crippen LogP contribution in [0.5, 0.6) is 0 Å². The minimum Gasteiger partial charge on any atom is -0.389 e. The van der Waals surface area contributed by atoms with E-state index in [0.29, 0.717) is 11.5 Å². The van der Waals surface area contributed by atoms with Crippen LogP contribution in [0.15, 0.2) is 18.2 Å². The van der Waals surface area contributed by atoms with Crippen LogP contribution < -0.4 is 4.90 Å². The Morgan fingerprint density at radius 3 is 2.30 bits per heavy atom. The summed E-state index contributed by atoms with van der Waals surface area (Å²) in [6, 6.07) is 5.01. The first-order valence-corrected chi connectivity index (χ1v) is 7.19. The Balaban J connectivity index is 3.09. The van der Waals surface area contributed by atoms with E-state index < -0.39 is 6.10 Å². The SMILES string of the molecule is CC(C)CN(CCN(C)C)c1cccc(F)c1[C@@H](C)O. The second-order valence-electron chi connectivity index (χ2n) is 5.99. The van der Waals surface area contributed by atoms with Crippen LogP contribution in [0.2, 0.25) is 0 Å². The molecule has 3 nitrogen and oxygen atoms in total. The van der Waals surface area contributed by atoms with E-state index in [0.717, 1.165) is 25.3 Å². The fourth-order valence-corrected chi connectivity index (χ4v) is 2.29. The summed E-state index contributed by atoms with van der Waals surface area (Å²) >= 11 is 0. The summed E-state index contributed by atoms with van der Waals surface area (Å²) in [5, 5.41) is 9.87. The molecule has 0 aliphatic carbocycles. The fraction of sp³-hybridized carbons (Fsp3) is 0.625. The highest BCUT2D eigenvalue weighted by Crippen LogP contribution is 2.29. The maximum absolute atomic E-state index is 14.0. The first kappa shape index (κ1) is 16.9. The van der Waals surface area contributed by atoms with Crippen molar-refractivity contribution in [3.05, 3.63) is 29.6 Å². The summed E-state index contributed by atoms with van der Waals surface area (Å²) in [6.07, 6.45) is -0.805. The van der Waals surface area contributed by atoms with Gasteiger partial charge in [-0.25, -0.2) is 4.39 Å². The first-order valence-electron chi connectivity index (χ1n) is 7.19. The van der Waals surface area contributed by atoms with Gasteiger partial charge in [-0.2, -0.15) is 0 Å². The molecule has 114 valence electrons. The van der Waals surface area contributed by atoms with Gasteiger partial charge in [-0.3, -0.25) is 0 Å². The van der Waals surface area contributed by atoms with Gasteiger partial charge in [0.15, 0.2) is 0 Å². The third-order valence-corrected chi connectivity index (χ3v) is 3.19. The lowest BCUT2D eigenvalue weighted by Gasteiger charge is -2.30. The third kappa shape index (κ3) is 4.76. The van der Waals surface area contributed by atoms with E-state index in [1.54, 1.807) is 13.0 Å². The number of aliphatic hydroxyl groups excluding tert-OH is 1. The van der Waals surface area contributed by atoms with Gasteiger partial charge in [0.1, 0.15) is 5.82 Å². The molecule has 0 aromatic heterocycles. The zero-order valence-electron chi connectivity index (χ0n) is 13.2. The van der Waals surface area contributed by atoms with Gasteiger partial charge in [0.05, 0.1) is 6.10 Å². The molecule has 0 fully saturated rings. The van der Waals surface area contributed by atoms with E-state index in [-0.39, 0.29) is 5.82 Å². The molecule has 0 saturated heterocycles. The lowest BCUT2D eigenvalue weighted by Crippen LogP contribution is -2.35. The largest absolute Gasteiger partial charge is 0.389 e. The molecule has 1 N–H and O–H groups in total. The van der Waals surface area contributed by atoms with Gasteiger partial charge in [0.2, 0.25) is 0 Å². The Bertz CT molecular complexity index is 419. The van der Waals surface area contributed by atoms with Crippen LogP contribution in [0.25, 0.3) is 0 Å². The van der Waals surface area contributed by atoms with Gasteiger partial charge >= 0.3 is 0 Å². The van der Waals surface area contributed by atoms with E-state index in [4.69, 9.17) is 0 Å². The van der Waals surface area contributed by atoms with Crippen molar-refractivity contribution in [2.45, 2.75) is 26.9 Å². The monoisotopic (exact) mass is 282 g/mol. The summed E-state index contributed by atoms with van der Waals surface area (Å²) in [6.45, 7) is 8.45. The summed E-state index contributed by atoms with van der Waals surface area (Å²) in [7, 11) is 4.05. The van der Waals surface area contributed by atoms with Crippen LogP contribution in [-0.4, -0.2) is 43.7 Å². The molecule has 0 saturated carbocycles. The molecule has 1 aromatic carbocycles. The standard InChI is InChI=1S/C16H27FN2O/c1-12(2)11-19(10-9-18(4)5)15-8-6-7-14(17)16(15)13(3)20/h6-8,12-13,20H,9-11H2,1-5H3/t13-/m1/s1. The van der Waals surface area contributed by atoms with Crippen molar-refractivity contribution >= 4 is 5.69 Å². The zero-order valence-corrected chi connectivity index (χ0v) is 13.2. The van der Waals surface area contributed by atoms with E-state index in [1.165, 1.54) is 6.07 Å². The first-order chi connectivity index (χ1) is 9.32. The van der Waals surface area contributed by atoms with E-state index in [1.807, 2.05) is 20.2 Å². The average Bonchev–Trinajstić information content (AvgIpc) is 2.33. The molecule has 0 spiro atoms. The number of anilines is 1. The highest BCUT2D eigenvalue weighted by atomic mass is 19.1. The molecule has 0 aliphatic heterocycles. The quantitative estimate of drug-likeness (QED) is 0.833. The summed E-state index contributed by atoms with van der Waals surface area (Å²) in [5.41, 5.74) is 1.20. The Morgan fingerprint density at radius 1 is 1.15 bits per heavy atom. The number of hydrogen-bond donors (Lipinski definition) is 1. The van der Waals surface area contributed by atoms with Crippen molar-refractivity contribution in [1.29, 1.82) is 0 Å². The normalized spacial score (nSPS) is 13.1. The topological polar surface area (TPSA) is 26.7 Å². The second kappa shape index (κ2) is 7.60. The summed E-state index contributed by atoms with van der Waals surface area (Å²) < 4.78 is 14.0. The molecule has 0 bridgehead atoms. The second-order valence-corrected chi connectivity index (χ2v) is 5.99. The van der Waals surface area contributed by atoms with Crippen molar-refractivity contribution in [2.75, 3.05) is 38.6 Å². The van der Waals surface area contributed by atoms with Crippen LogP contribution in [-0.2, 0) is 0 Å². The average molecular weight is 282 g/mol. The molecule has 1 atom stereocenters. The lowest BCUT2D eigenvalue weighted by atomic mass is 10.0. The van der Waals surface area contributed by atoms with Crippen LogP contribution >= 0.6 is 0 Å². The fourth-order valence-electron chi connectivity index (χ4n) is 2.29. The Kier molecular flexibility index (Phi) is 6.43. The van der Waals surface area contributed by atoms with Crippen LogP contribution in [0, 0.1) is 11.7 Å². The lowest BCUT2D eigenvalue weighted by molar-refractivity contribution is 0.194. The minimum atomic E-state index is -0.805. The smallest absolute Gasteiger partial charge is 0.131 e. The molecule has 0 unspecified atom stereocenters. The number of nitrogens with zero attached hydrogens (tertiary/aromatic N) is 2. The number of halogens is 1. The third-order valence-electron chi connectivity index (χ3n) is 3.19. The van der Waals surface area contributed by atoms with Gasteiger partial charge in [-0.15, -0.1) is 0 Å². The van der Waals surface area contributed by atoms with E-state index >= 15 is 0 Å². The molecule has 1 aromatic rings. The number of rotatable bonds is 7. The number of aliphatic hydroxyl groups is 1. The highest BCUT2D eigenvalue weighted by molar-refractivity contribution is 5.55. The van der Waals surface area contributed by atoms with Crippen molar-refractivity contribution in [3.63, 3.8) is 0 Å². The predicted octanol–water partition coefficient (Wildman–Crippen LogP) is 2.90.